The predicted molar refractivity (Wildman–Crippen MR) is 126 cm³/mol. The summed E-state index contributed by atoms with van der Waals surface area (Å²) in [6, 6.07) is 5.92. The molecule has 10 heteroatoms. The molecule has 3 aromatic heterocycles. The van der Waals surface area contributed by atoms with Crippen molar-refractivity contribution >= 4 is 17.1 Å². The number of anilines is 1. The van der Waals surface area contributed by atoms with Gasteiger partial charge in [0.05, 0.1) is 35.8 Å². The molecule has 0 radical (unpaired) electrons. The molecule has 0 unspecified atom stereocenters. The van der Waals surface area contributed by atoms with Gasteiger partial charge in [-0.3, -0.25) is 4.68 Å². The summed E-state index contributed by atoms with van der Waals surface area (Å²) in [6.45, 7) is 6.71. The lowest BCUT2D eigenvalue weighted by Gasteiger charge is -2.36. The molecule has 8 nitrogen and oxygen atoms in total. The van der Waals surface area contributed by atoms with Crippen LogP contribution in [-0.2, 0) is 4.74 Å². The predicted octanol–water partition coefficient (Wildman–Crippen LogP) is 4.48. The summed E-state index contributed by atoms with van der Waals surface area (Å²) in [4.78, 5) is 20.7. The van der Waals surface area contributed by atoms with E-state index < -0.39 is 11.6 Å². The zero-order valence-electron chi connectivity index (χ0n) is 19.7. The van der Waals surface area contributed by atoms with Crippen molar-refractivity contribution in [1.29, 1.82) is 0 Å². The number of halogens is 2. The first-order valence-electron chi connectivity index (χ1n) is 11.8. The third-order valence-corrected chi connectivity index (χ3v) is 6.54. The Labute approximate surface area is 201 Å². The van der Waals surface area contributed by atoms with Crippen LogP contribution in [-0.4, -0.2) is 48.9 Å². The number of morpholine rings is 1. The first-order chi connectivity index (χ1) is 16.9. The molecule has 1 aromatic carbocycles. The van der Waals surface area contributed by atoms with E-state index in [9.17, 15) is 8.78 Å². The highest BCUT2D eigenvalue weighted by Crippen LogP contribution is 2.36. The van der Waals surface area contributed by atoms with Gasteiger partial charge >= 0.3 is 0 Å². The smallest absolute Gasteiger partial charge is 0.228 e. The summed E-state index contributed by atoms with van der Waals surface area (Å²) in [5, 5.41) is 4.73. The highest BCUT2D eigenvalue weighted by atomic mass is 19.1. The zero-order valence-corrected chi connectivity index (χ0v) is 19.7. The van der Waals surface area contributed by atoms with E-state index in [1.54, 1.807) is 0 Å². The fraction of sp³-hybridized carbons (Fsp3) is 0.400. The molecule has 1 aliphatic carbocycles. The van der Waals surface area contributed by atoms with Crippen LogP contribution in [0.4, 0.5) is 14.7 Å². The van der Waals surface area contributed by atoms with Gasteiger partial charge in [0, 0.05) is 24.4 Å². The number of fused-ring (bicyclic) bond motifs is 1. The number of nitrogens with zero attached hydrogens (tertiary/aromatic N) is 7. The molecule has 0 bridgehead atoms. The van der Waals surface area contributed by atoms with Crippen LogP contribution in [0, 0.1) is 25.5 Å². The lowest BCUT2D eigenvalue weighted by molar-refractivity contribution is -0.0203. The second-order valence-corrected chi connectivity index (χ2v) is 9.36. The number of ether oxygens (including phenoxy) is 1. The third-order valence-electron chi connectivity index (χ3n) is 6.54. The van der Waals surface area contributed by atoms with Crippen LogP contribution in [0.15, 0.2) is 30.5 Å². The van der Waals surface area contributed by atoms with E-state index in [1.807, 2.05) is 42.6 Å². The van der Waals surface area contributed by atoms with Gasteiger partial charge < -0.3 is 9.64 Å². The highest BCUT2D eigenvalue weighted by Gasteiger charge is 2.32. The maximum atomic E-state index is 14.8. The number of rotatable bonds is 4. The van der Waals surface area contributed by atoms with Crippen molar-refractivity contribution in [3.63, 3.8) is 0 Å². The van der Waals surface area contributed by atoms with Gasteiger partial charge in [-0.2, -0.15) is 10.1 Å². The third kappa shape index (κ3) is 4.12. The van der Waals surface area contributed by atoms with E-state index in [0.717, 1.165) is 30.3 Å². The molecule has 1 aliphatic heterocycles. The topological polar surface area (TPSA) is 81.9 Å². The van der Waals surface area contributed by atoms with Crippen LogP contribution in [0.1, 0.15) is 49.0 Å². The molecule has 2 atom stereocenters. The average Bonchev–Trinajstić information content (AvgIpc) is 3.55. The lowest BCUT2D eigenvalue weighted by Crippen LogP contribution is -2.44. The number of hydrogen-bond donors (Lipinski definition) is 0. The summed E-state index contributed by atoms with van der Waals surface area (Å²) in [5.74, 6) is -0.969. The van der Waals surface area contributed by atoms with Crippen LogP contribution in [0.25, 0.3) is 22.4 Å². The molecule has 1 saturated heterocycles. The van der Waals surface area contributed by atoms with Crippen molar-refractivity contribution < 1.29 is 13.5 Å². The van der Waals surface area contributed by atoms with E-state index in [-0.39, 0.29) is 23.5 Å². The van der Waals surface area contributed by atoms with Crippen LogP contribution < -0.4 is 4.90 Å². The van der Waals surface area contributed by atoms with Gasteiger partial charge in [0.1, 0.15) is 28.9 Å². The maximum Gasteiger partial charge on any atom is 0.228 e. The first-order valence-corrected chi connectivity index (χ1v) is 11.8. The van der Waals surface area contributed by atoms with Gasteiger partial charge in [-0.05, 0) is 51.8 Å². The minimum absolute atomic E-state index is 0.101. The van der Waals surface area contributed by atoms with Gasteiger partial charge in [-0.25, -0.2) is 23.7 Å². The Balaban J connectivity index is 1.43. The molecule has 4 heterocycles. The van der Waals surface area contributed by atoms with E-state index >= 15 is 0 Å². The number of benzene rings is 1. The Morgan fingerprint density at radius 2 is 1.77 bits per heavy atom. The summed E-state index contributed by atoms with van der Waals surface area (Å²) in [6.07, 6.45) is 3.96. The fourth-order valence-corrected chi connectivity index (χ4v) is 4.46. The van der Waals surface area contributed by atoms with Gasteiger partial charge in [0.25, 0.3) is 0 Å². The Bertz CT molecular complexity index is 1440. The summed E-state index contributed by atoms with van der Waals surface area (Å²) >= 11 is 0. The Morgan fingerprint density at radius 1 is 0.971 bits per heavy atom. The fourth-order valence-electron chi connectivity index (χ4n) is 4.46. The quantitative estimate of drug-likeness (QED) is 0.429. The SMILES string of the molecule is Cc1nc2nc(N3C[C@@H](C)O[C@@H](c4ccn(C5CC5)n4)C3)nc(-c3ccc(F)cc3F)c2nc1C. The van der Waals surface area contributed by atoms with E-state index in [2.05, 4.69) is 9.97 Å². The van der Waals surface area contributed by atoms with Gasteiger partial charge in [-0.15, -0.1) is 0 Å². The largest absolute Gasteiger partial charge is 0.365 e. The first kappa shape index (κ1) is 22.0. The van der Waals surface area contributed by atoms with Crippen LogP contribution in [0.5, 0.6) is 0 Å². The molecule has 2 aliphatic rings. The molecular weight excluding hydrogens is 452 g/mol. The van der Waals surface area contributed by atoms with Crippen LogP contribution >= 0.6 is 0 Å². The molecule has 6 rings (SSSR count). The Kier molecular flexibility index (Phi) is 5.21. The maximum absolute atomic E-state index is 14.8. The monoisotopic (exact) mass is 477 g/mol. The number of aryl methyl sites for hydroxylation is 2. The zero-order chi connectivity index (χ0) is 24.3. The molecule has 0 spiro atoms. The summed E-state index contributed by atoms with van der Waals surface area (Å²) < 4.78 is 36.7. The molecule has 180 valence electrons. The van der Waals surface area contributed by atoms with Crippen molar-refractivity contribution in [2.45, 2.75) is 51.9 Å². The molecular formula is C25H25F2N7O. The molecule has 0 N–H and O–H groups in total. The van der Waals surface area contributed by atoms with Crippen molar-refractivity contribution in [2.75, 3.05) is 18.0 Å². The highest BCUT2D eigenvalue weighted by molar-refractivity contribution is 5.88. The van der Waals surface area contributed by atoms with Crippen molar-refractivity contribution in [3.05, 3.63) is 59.2 Å². The van der Waals surface area contributed by atoms with Crippen molar-refractivity contribution in [1.82, 2.24) is 29.7 Å². The molecule has 4 aromatic rings. The molecule has 2 fully saturated rings. The summed E-state index contributed by atoms with van der Waals surface area (Å²) in [5.41, 5.74) is 3.47. The van der Waals surface area contributed by atoms with E-state index in [0.29, 0.717) is 41.9 Å². The van der Waals surface area contributed by atoms with Gasteiger partial charge in [0.15, 0.2) is 5.65 Å². The van der Waals surface area contributed by atoms with Crippen LogP contribution in [0.2, 0.25) is 0 Å². The normalized spacial score (nSPS) is 20.5. The Morgan fingerprint density at radius 3 is 2.54 bits per heavy atom. The minimum atomic E-state index is -0.713. The second kappa shape index (κ2) is 8.30. The van der Waals surface area contributed by atoms with Crippen molar-refractivity contribution in [3.8, 4) is 11.3 Å². The number of hydrogen-bond acceptors (Lipinski definition) is 7. The lowest BCUT2D eigenvalue weighted by atomic mass is 10.1. The standard InChI is InChI=1S/C25H25F2N7O/c1-13-11-33(12-21(35-13)20-8-9-34(32-20)17-5-6-17)25-30-22(18-7-4-16(26)10-19(18)27)23-24(31-25)29-15(3)14(2)28-23/h4,7-10,13,17,21H,5-6,11-12H2,1-3H3/t13-,21-/m1/s1. The Hall–Kier alpha value is -3.53. The molecule has 35 heavy (non-hydrogen) atoms. The van der Waals surface area contributed by atoms with Crippen LogP contribution in [0.3, 0.4) is 0 Å². The summed E-state index contributed by atoms with van der Waals surface area (Å²) in [7, 11) is 0. The minimum Gasteiger partial charge on any atom is -0.365 e. The van der Waals surface area contributed by atoms with Gasteiger partial charge in [0.2, 0.25) is 5.95 Å². The van der Waals surface area contributed by atoms with E-state index in [1.165, 1.54) is 12.1 Å². The molecule has 0 amide bonds. The van der Waals surface area contributed by atoms with Crippen molar-refractivity contribution in [2.24, 2.45) is 0 Å². The molecule has 1 saturated carbocycles. The average molecular weight is 478 g/mol. The van der Waals surface area contributed by atoms with E-state index in [4.69, 9.17) is 19.8 Å². The van der Waals surface area contributed by atoms with Gasteiger partial charge in [-0.1, -0.05) is 0 Å². The second-order valence-electron chi connectivity index (χ2n) is 9.36. The number of aromatic nitrogens is 6.